The maximum Gasteiger partial charge on any atom is 0.353 e. The molecular formula is C12H21N5O3. The lowest BCUT2D eigenvalue weighted by atomic mass is 10.3. The highest BCUT2D eigenvalue weighted by atomic mass is 16.6. The first-order chi connectivity index (χ1) is 9.52. The van der Waals surface area contributed by atoms with E-state index in [1.54, 1.807) is 19.1 Å². The zero-order valence-electron chi connectivity index (χ0n) is 12.3. The standard InChI is InChI=1S/C12H21N5O3/c1-5-6-13-11-10(17(18)19)12(15-8-14-11)16(3)9(2)7-20-4/h8-9H,5-7H2,1-4H3,(H,13,14,15). The molecule has 0 aliphatic rings. The molecule has 1 rings (SSSR count). The van der Waals surface area contributed by atoms with Crippen LogP contribution in [0.25, 0.3) is 0 Å². The van der Waals surface area contributed by atoms with Crippen molar-refractivity contribution in [1.82, 2.24) is 9.97 Å². The van der Waals surface area contributed by atoms with Crippen LogP contribution in [0.4, 0.5) is 17.3 Å². The van der Waals surface area contributed by atoms with Gasteiger partial charge in [0.15, 0.2) is 0 Å². The number of likely N-dealkylation sites (N-methyl/N-ethyl adjacent to an activating group) is 1. The molecule has 1 aromatic heterocycles. The van der Waals surface area contributed by atoms with Crippen LogP contribution in [-0.2, 0) is 4.74 Å². The van der Waals surface area contributed by atoms with E-state index in [1.165, 1.54) is 6.33 Å². The first-order valence-corrected chi connectivity index (χ1v) is 6.47. The van der Waals surface area contributed by atoms with Crippen LogP contribution in [0.2, 0.25) is 0 Å². The average molecular weight is 283 g/mol. The van der Waals surface area contributed by atoms with Gasteiger partial charge in [0.05, 0.1) is 17.6 Å². The van der Waals surface area contributed by atoms with E-state index < -0.39 is 4.92 Å². The van der Waals surface area contributed by atoms with Crippen LogP contribution in [0.3, 0.4) is 0 Å². The van der Waals surface area contributed by atoms with E-state index in [2.05, 4.69) is 15.3 Å². The van der Waals surface area contributed by atoms with Gasteiger partial charge in [0.1, 0.15) is 6.33 Å². The summed E-state index contributed by atoms with van der Waals surface area (Å²) in [6.07, 6.45) is 2.18. The van der Waals surface area contributed by atoms with Crippen molar-refractivity contribution in [2.45, 2.75) is 26.3 Å². The fraction of sp³-hybridized carbons (Fsp3) is 0.667. The molecule has 0 amide bonds. The smallest absolute Gasteiger partial charge is 0.353 e. The van der Waals surface area contributed by atoms with Gasteiger partial charge in [-0.2, -0.15) is 0 Å². The minimum Gasteiger partial charge on any atom is -0.383 e. The van der Waals surface area contributed by atoms with Crippen LogP contribution in [-0.4, -0.2) is 48.2 Å². The fourth-order valence-electron chi connectivity index (χ4n) is 1.73. The van der Waals surface area contributed by atoms with E-state index in [-0.39, 0.29) is 23.4 Å². The van der Waals surface area contributed by atoms with Gasteiger partial charge in [-0.1, -0.05) is 6.92 Å². The Labute approximate surface area is 118 Å². The molecule has 0 bridgehead atoms. The monoisotopic (exact) mass is 283 g/mol. The van der Waals surface area contributed by atoms with Gasteiger partial charge in [-0.05, 0) is 13.3 Å². The van der Waals surface area contributed by atoms with Crippen molar-refractivity contribution >= 4 is 17.3 Å². The van der Waals surface area contributed by atoms with E-state index >= 15 is 0 Å². The predicted octanol–water partition coefficient (Wildman–Crippen LogP) is 1.68. The van der Waals surface area contributed by atoms with Gasteiger partial charge in [0, 0.05) is 20.7 Å². The maximum atomic E-state index is 11.3. The van der Waals surface area contributed by atoms with Gasteiger partial charge in [0.25, 0.3) is 0 Å². The Balaban J connectivity index is 3.14. The molecule has 0 saturated heterocycles. The summed E-state index contributed by atoms with van der Waals surface area (Å²) in [6.45, 7) is 4.96. The lowest BCUT2D eigenvalue weighted by molar-refractivity contribution is -0.383. The number of nitrogens with one attached hydrogen (secondary N) is 1. The molecule has 0 spiro atoms. The van der Waals surface area contributed by atoms with Gasteiger partial charge in [0.2, 0.25) is 11.6 Å². The number of aromatic nitrogens is 2. The second kappa shape index (κ2) is 7.59. The topological polar surface area (TPSA) is 93.4 Å². The SMILES string of the molecule is CCCNc1ncnc(N(C)C(C)COC)c1[N+](=O)[O-]. The van der Waals surface area contributed by atoms with Crippen molar-refractivity contribution in [2.24, 2.45) is 0 Å². The zero-order valence-corrected chi connectivity index (χ0v) is 12.3. The third kappa shape index (κ3) is 3.77. The molecule has 1 unspecified atom stereocenters. The van der Waals surface area contributed by atoms with Gasteiger partial charge in [-0.15, -0.1) is 0 Å². The largest absolute Gasteiger partial charge is 0.383 e. The van der Waals surface area contributed by atoms with Gasteiger partial charge in [-0.3, -0.25) is 10.1 Å². The summed E-state index contributed by atoms with van der Waals surface area (Å²) >= 11 is 0. The Morgan fingerprint density at radius 2 is 2.25 bits per heavy atom. The van der Waals surface area contributed by atoms with Gasteiger partial charge in [-0.25, -0.2) is 9.97 Å². The van der Waals surface area contributed by atoms with E-state index in [0.717, 1.165) is 6.42 Å². The minimum atomic E-state index is -0.455. The summed E-state index contributed by atoms with van der Waals surface area (Å²) in [4.78, 5) is 20.6. The van der Waals surface area contributed by atoms with Crippen LogP contribution >= 0.6 is 0 Å². The van der Waals surface area contributed by atoms with Gasteiger partial charge < -0.3 is 15.0 Å². The van der Waals surface area contributed by atoms with Gasteiger partial charge >= 0.3 is 5.69 Å². The molecule has 0 fully saturated rings. The number of methoxy groups -OCH3 is 1. The molecule has 8 nitrogen and oxygen atoms in total. The summed E-state index contributed by atoms with van der Waals surface area (Å²) in [5, 5.41) is 14.3. The first-order valence-electron chi connectivity index (χ1n) is 6.47. The summed E-state index contributed by atoms with van der Waals surface area (Å²) in [6, 6.07) is -0.0346. The van der Waals surface area contributed by atoms with Crippen molar-refractivity contribution in [2.75, 3.05) is 37.5 Å². The van der Waals surface area contributed by atoms with Crippen molar-refractivity contribution in [1.29, 1.82) is 0 Å². The molecule has 0 saturated carbocycles. The quantitative estimate of drug-likeness (QED) is 0.573. The Morgan fingerprint density at radius 1 is 1.55 bits per heavy atom. The molecule has 1 aromatic rings. The number of hydrogen-bond donors (Lipinski definition) is 1. The summed E-state index contributed by atoms with van der Waals surface area (Å²) in [5.74, 6) is 0.534. The second-order valence-corrected chi connectivity index (χ2v) is 4.49. The highest BCUT2D eigenvalue weighted by molar-refractivity contribution is 5.70. The van der Waals surface area contributed by atoms with E-state index in [9.17, 15) is 10.1 Å². The number of rotatable bonds is 8. The van der Waals surface area contributed by atoms with Crippen LogP contribution in [0.15, 0.2) is 6.33 Å². The third-order valence-electron chi connectivity index (χ3n) is 2.93. The molecule has 1 atom stereocenters. The summed E-state index contributed by atoms with van der Waals surface area (Å²) < 4.78 is 5.07. The second-order valence-electron chi connectivity index (χ2n) is 4.49. The number of anilines is 2. The number of nitro groups is 1. The average Bonchev–Trinajstić information content (AvgIpc) is 2.43. The molecule has 112 valence electrons. The van der Waals surface area contributed by atoms with E-state index in [1.807, 2.05) is 13.8 Å². The van der Waals surface area contributed by atoms with Crippen LogP contribution in [0.1, 0.15) is 20.3 Å². The Morgan fingerprint density at radius 3 is 2.80 bits per heavy atom. The Kier molecular flexibility index (Phi) is 6.10. The maximum absolute atomic E-state index is 11.3. The lowest BCUT2D eigenvalue weighted by Gasteiger charge is -2.25. The summed E-state index contributed by atoms with van der Waals surface area (Å²) in [5.41, 5.74) is -0.105. The third-order valence-corrected chi connectivity index (χ3v) is 2.93. The van der Waals surface area contributed by atoms with Crippen molar-refractivity contribution < 1.29 is 9.66 Å². The summed E-state index contributed by atoms with van der Waals surface area (Å²) in [7, 11) is 3.34. The Hall–Kier alpha value is -1.96. The van der Waals surface area contributed by atoms with Crippen LogP contribution in [0, 0.1) is 10.1 Å². The highest BCUT2D eigenvalue weighted by Gasteiger charge is 2.27. The molecule has 0 aromatic carbocycles. The zero-order chi connectivity index (χ0) is 15.1. The van der Waals surface area contributed by atoms with Crippen molar-refractivity contribution in [3.63, 3.8) is 0 Å². The fourth-order valence-corrected chi connectivity index (χ4v) is 1.73. The van der Waals surface area contributed by atoms with E-state index in [0.29, 0.717) is 13.2 Å². The van der Waals surface area contributed by atoms with Crippen LogP contribution < -0.4 is 10.2 Å². The van der Waals surface area contributed by atoms with Crippen molar-refractivity contribution in [3.05, 3.63) is 16.4 Å². The number of hydrogen-bond acceptors (Lipinski definition) is 7. The first kappa shape index (κ1) is 16.1. The molecule has 0 aliphatic heterocycles. The number of nitrogens with zero attached hydrogens (tertiary/aromatic N) is 4. The molecule has 1 N–H and O–H groups in total. The van der Waals surface area contributed by atoms with Crippen molar-refractivity contribution in [3.8, 4) is 0 Å². The normalized spacial score (nSPS) is 12.0. The number of ether oxygens (including phenoxy) is 1. The Bertz CT molecular complexity index is 455. The highest BCUT2D eigenvalue weighted by Crippen LogP contribution is 2.31. The molecule has 1 heterocycles. The molecular weight excluding hydrogens is 262 g/mol. The molecule has 0 aliphatic carbocycles. The molecule has 20 heavy (non-hydrogen) atoms. The minimum absolute atomic E-state index is 0.0346. The molecule has 8 heteroatoms. The lowest BCUT2D eigenvalue weighted by Crippen LogP contribution is -2.34. The van der Waals surface area contributed by atoms with E-state index in [4.69, 9.17) is 4.74 Å². The predicted molar refractivity (Wildman–Crippen MR) is 77.2 cm³/mol. The van der Waals surface area contributed by atoms with Crippen LogP contribution in [0.5, 0.6) is 0 Å². The molecule has 0 radical (unpaired) electrons.